The van der Waals surface area contributed by atoms with Crippen molar-refractivity contribution in [1.29, 1.82) is 0 Å². The third-order valence-electron chi connectivity index (χ3n) is 5.68. The smallest absolute Gasteiger partial charge is 0.290 e. The lowest BCUT2D eigenvalue weighted by molar-refractivity contribution is -0.130. The van der Waals surface area contributed by atoms with Gasteiger partial charge in [0.1, 0.15) is 17.1 Å². The van der Waals surface area contributed by atoms with Crippen molar-refractivity contribution in [3.05, 3.63) is 53.7 Å². The summed E-state index contributed by atoms with van der Waals surface area (Å²) in [5, 5.41) is 6.89. The van der Waals surface area contributed by atoms with Gasteiger partial charge >= 0.3 is 0 Å². The van der Waals surface area contributed by atoms with Crippen LogP contribution in [-0.2, 0) is 9.59 Å². The summed E-state index contributed by atoms with van der Waals surface area (Å²) in [6, 6.07) is 13.0. The molecule has 2 saturated heterocycles. The van der Waals surface area contributed by atoms with Gasteiger partial charge in [0.2, 0.25) is 0 Å². The maximum absolute atomic E-state index is 13.5. The fourth-order valence-corrected chi connectivity index (χ4v) is 4.33. The second-order valence-electron chi connectivity index (χ2n) is 7.54. The molecule has 0 saturated carbocycles. The van der Waals surface area contributed by atoms with E-state index in [1.54, 1.807) is 23.1 Å². The summed E-state index contributed by atoms with van der Waals surface area (Å²) in [6.45, 7) is 3.03. The number of nitrogens with zero attached hydrogens (tertiary/aromatic N) is 3. The lowest BCUT2D eigenvalue weighted by Crippen LogP contribution is -2.61. The van der Waals surface area contributed by atoms with Crippen molar-refractivity contribution in [2.75, 3.05) is 23.7 Å². The third-order valence-corrected chi connectivity index (χ3v) is 5.68. The second kappa shape index (κ2) is 8.94. The SMILES string of the molecule is Cc1ccc(N2CCCC3(CCCN3C(=O)c3cccc(N)n3)C2=O)cc1.O=CO. The fraction of sp³-hybridized carbons (Fsp3) is 0.364. The molecule has 0 bridgehead atoms. The van der Waals surface area contributed by atoms with Crippen molar-refractivity contribution in [1.82, 2.24) is 9.88 Å². The number of rotatable bonds is 2. The molecule has 3 N–H and O–H groups in total. The highest BCUT2D eigenvalue weighted by molar-refractivity contribution is 6.05. The zero-order valence-electron chi connectivity index (χ0n) is 17.0. The second-order valence-corrected chi connectivity index (χ2v) is 7.54. The van der Waals surface area contributed by atoms with Crippen molar-refractivity contribution >= 4 is 29.8 Å². The number of carbonyl (C=O) groups excluding carboxylic acids is 2. The van der Waals surface area contributed by atoms with E-state index in [0.29, 0.717) is 37.4 Å². The molecule has 2 fully saturated rings. The topological polar surface area (TPSA) is 117 Å². The molecule has 158 valence electrons. The molecule has 8 heteroatoms. The molecule has 0 aliphatic carbocycles. The number of pyridine rings is 1. The average Bonchev–Trinajstić information content (AvgIpc) is 3.15. The summed E-state index contributed by atoms with van der Waals surface area (Å²) < 4.78 is 0. The van der Waals surface area contributed by atoms with Crippen molar-refractivity contribution in [2.45, 2.75) is 38.1 Å². The van der Waals surface area contributed by atoms with Gasteiger partial charge in [0.25, 0.3) is 18.3 Å². The molecule has 3 heterocycles. The molecular formula is C22H26N4O4. The average molecular weight is 410 g/mol. The lowest BCUT2D eigenvalue weighted by atomic mass is 9.84. The first kappa shape index (κ1) is 21.3. The van der Waals surface area contributed by atoms with E-state index in [9.17, 15) is 9.59 Å². The first-order chi connectivity index (χ1) is 14.4. The van der Waals surface area contributed by atoms with Crippen LogP contribution in [0.2, 0.25) is 0 Å². The molecule has 8 nitrogen and oxygen atoms in total. The van der Waals surface area contributed by atoms with Crippen molar-refractivity contribution in [2.24, 2.45) is 0 Å². The zero-order valence-corrected chi connectivity index (χ0v) is 17.0. The van der Waals surface area contributed by atoms with Gasteiger partial charge in [0.05, 0.1) is 0 Å². The Morgan fingerprint density at radius 1 is 1.13 bits per heavy atom. The minimum absolute atomic E-state index is 0.0207. The number of aromatic nitrogens is 1. The molecule has 1 spiro atoms. The number of carbonyl (C=O) groups is 3. The Bertz CT molecular complexity index is 931. The standard InChI is InChI=1S/C21H24N4O2.CH2O2/c1-15-7-9-16(10-8-15)24-13-3-11-21(20(24)27)12-4-14-25(21)19(26)17-5-2-6-18(22)23-17;2-1-3/h2,5-10H,3-4,11-14H2,1H3,(H2,22,23);1H,(H,2,3). The van der Waals surface area contributed by atoms with Gasteiger partial charge in [-0.05, 0) is 56.9 Å². The quantitative estimate of drug-likeness (QED) is 0.735. The van der Waals surface area contributed by atoms with Crippen molar-refractivity contribution in [3.8, 4) is 0 Å². The van der Waals surface area contributed by atoms with Gasteiger partial charge in [-0.25, -0.2) is 4.98 Å². The van der Waals surface area contributed by atoms with Gasteiger partial charge in [-0.3, -0.25) is 14.4 Å². The van der Waals surface area contributed by atoms with E-state index in [1.807, 2.05) is 36.1 Å². The Hall–Kier alpha value is -3.42. The van der Waals surface area contributed by atoms with Crippen LogP contribution in [0.1, 0.15) is 41.7 Å². The summed E-state index contributed by atoms with van der Waals surface area (Å²) in [5.74, 6) is 0.122. The summed E-state index contributed by atoms with van der Waals surface area (Å²) >= 11 is 0. The molecular weight excluding hydrogens is 384 g/mol. The van der Waals surface area contributed by atoms with Crippen molar-refractivity contribution < 1.29 is 19.5 Å². The zero-order chi connectivity index (χ0) is 21.7. The van der Waals surface area contributed by atoms with Gasteiger partial charge in [0, 0.05) is 18.8 Å². The first-order valence-electron chi connectivity index (χ1n) is 9.94. The number of anilines is 2. The molecule has 1 aromatic heterocycles. The first-order valence-corrected chi connectivity index (χ1v) is 9.94. The molecule has 4 rings (SSSR count). The number of carboxylic acid groups (broad SMARTS) is 1. The number of nitrogens with two attached hydrogens (primary N) is 1. The Kier molecular flexibility index (Phi) is 6.34. The maximum atomic E-state index is 13.5. The van der Waals surface area contributed by atoms with Crippen LogP contribution in [0.15, 0.2) is 42.5 Å². The van der Waals surface area contributed by atoms with Crippen LogP contribution in [0.4, 0.5) is 11.5 Å². The van der Waals surface area contributed by atoms with Crippen LogP contribution in [0.3, 0.4) is 0 Å². The molecule has 2 amide bonds. The van der Waals surface area contributed by atoms with Gasteiger partial charge < -0.3 is 20.6 Å². The van der Waals surface area contributed by atoms with Gasteiger partial charge in [-0.1, -0.05) is 23.8 Å². The summed E-state index contributed by atoms with van der Waals surface area (Å²) in [5.41, 5.74) is 7.33. The highest BCUT2D eigenvalue weighted by Gasteiger charge is 2.53. The number of likely N-dealkylation sites (tertiary alicyclic amines) is 1. The van der Waals surface area contributed by atoms with Crippen LogP contribution >= 0.6 is 0 Å². The molecule has 2 aliphatic heterocycles. The predicted octanol–water partition coefficient (Wildman–Crippen LogP) is 2.47. The molecule has 30 heavy (non-hydrogen) atoms. The summed E-state index contributed by atoms with van der Waals surface area (Å²) in [6.07, 6.45) is 3.08. The number of hydrogen-bond donors (Lipinski definition) is 2. The van der Waals surface area contributed by atoms with E-state index >= 15 is 0 Å². The number of aryl methyl sites for hydroxylation is 1. The minimum Gasteiger partial charge on any atom is -0.483 e. The van der Waals surface area contributed by atoms with E-state index in [1.165, 1.54) is 0 Å². The number of hydrogen-bond acceptors (Lipinski definition) is 5. The van der Waals surface area contributed by atoms with Crippen LogP contribution in [0.25, 0.3) is 0 Å². The Morgan fingerprint density at radius 2 is 1.77 bits per heavy atom. The Labute approximate surface area is 175 Å². The largest absolute Gasteiger partial charge is 0.483 e. The van der Waals surface area contributed by atoms with Crippen LogP contribution in [-0.4, -0.2) is 51.9 Å². The molecule has 1 atom stereocenters. The van der Waals surface area contributed by atoms with Crippen molar-refractivity contribution in [3.63, 3.8) is 0 Å². The number of nitrogen functional groups attached to an aromatic ring is 1. The van der Waals surface area contributed by atoms with Crippen LogP contribution in [0.5, 0.6) is 0 Å². The normalized spacial score (nSPS) is 20.6. The number of piperidine rings is 1. The lowest BCUT2D eigenvalue weighted by Gasteiger charge is -2.44. The number of amides is 2. The molecule has 1 aromatic carbocycles. The van der Waals surface area contributed by atoms with E-state index in [4.69, 9.17) is 15.6 Å². The Balaban J connectivity index is 0.000000806. The van der Waals surface area contributed by atoms with E-state index in [0.717, 1.165) is 24.1 Å². The van der Waals surface area contributed by atoms with Gasteiger partial charge in [0.15, 0.2) is 0 Å². The Morgan fingerprint density at radius 3 is 2.40 bits per heavy atom. The molecule has 1 unspecified atom stereocenters. The summed E-state index contributed by atoms with van der Waals surface area (Å²) in [4.78, 5) is 42.8. The van der Waals surface area contributed by atoms with Gasteiger partial charge in [-0.2, -0.15) is 0 Å². The highest BCUT2D eigenvalue weighted by Crippen LogP contribution is 2.40. The minimum atomic E-state index is -0.771. The molecule has 2 aromatic rings. The third kappa shape index (κ3) is 3.98. The monoisotopic (exact) mass is 410 g/mol. The van der Waals surface area contributed by atoms with Crippen LogP contribution in [0, 0.1) is 6.92 Å². The van der Waals surface area contributed by atoms with E-state index in [2.05, 4.69) is 4.98 Å². The highest BCUT2D eigenvalue weighted by atomic mass is 16.3. The number of benzene rings is 1. The predicted molar refractivity (Wildman–Crippen MR) is 113 cm³/mol. The summed E-state index contributed by atoms with van der Waals surface area (Å²) in [7, 11) is 0. The van der Waals surface area contributed by atoms with E-state index in [-0.39, 0.29) is 18.3 Å². The van der Waals surface area contributed by atoms with Crippen LogP contribution < -0.4 is 10.6 Å². The van der Waals surface area contributed by atoms with E-state index < -0.39 is 5.54 Å². The van der Waals surface area contributed by atoms with Gasteiger partial charge in [-0.15, -0.1) is 0 Å². The molecule has 2 aliphatic rings. The maximum Gasteiger partial charge on any atom is 0.290 e. The fourth-order valence-electron chi connectivity index (χ4n) is 4.33. The molecule has 0 radical (unpaired) electrons.